The van der Waals surface area contributed by atoms with Crippen molar-refractivity contribution in [2.75, 3.05) is 5.75 Å². The second-order valence-electron chi connectivity index (χ2n) is 5.12. The predicted octanol–water partition coefficient (Wildman–Crippen LogP) is 3.94. The Hall–Kier alpha value is -2.14. The second kappa shape index (κ2) is 9.10. The number of carboxylic acid groups (broad SMARTS) is 1. The molecule has 0 saturated heterocycles. The molecule has 0 bridgehead atoms. The van der Waals surface area contributed by atoms with Crippen LogP contribution in [0.3, 0.4) is 0 Å². The van der Waals surface area contributed by atoms with Gasteiger partial charge in [0.25, 0.3) is 0 Å². The Morgan fingerprint density at radius 2 is 1.78 bits per heavy atom. The molecule has 2 aromatic carbocycles. The molecule has 5 heteroatoms. The molecular formula is C18H20O4S. The molecule has 1 unspecified atom stereocenters. The fraction of sp³-hybridized carbons (Fsp3) is 0.278. The van der Waals surface area contributed by atoms with Crippen molar-refractivity contribution < 1.29 is 19.7 Å². The summed E-state index contributed by atoms with van der Waals surface area (Å²) in [6, 6.07) is 16.3. The van der Waals surface area contributed by atoms with Gasteiger partial charge in [0.1, 0.15) is 11.5 Å². The SMILES string of the molecule is O=C(O)C(CCCSCc1ccccc1)Oc1ccc(O)cc1. The molecule has 0 fully saturated rings. The van der Waals surface area contributed by atoms with Gasteiger partial charge in [0.05, 0.1) is 0 Å². The Labute approximate surface area is 140 Å². The molecule has 0 heterocycles. The Kier molecular flexibility index (Phi) is 6.81. The van der Waals surface area contributed by atoms with Gasteiger partial charge in [-0.3, -0.25) is 0 Å². The lowest BCUT2D eigenvalue weighted by Gasteiger charge is -2.15. The number of thioether (sulfide) groups is 1. The molecule has 2 N–H and O–H groups in total. The van der Waals surface area contributed by atoms with Crippen molar-refractivity contribution >= 4 is 17.7 Å². The van der Waals surface area contributed by atoms with Crippen LogP contribution in [0.1, 0.15) is 18.4 Å². The highest BCUT2D eigenvalue weighted by Gasteiger charge is 2.18. The third-order valence-corrected chi connectivity index (χ3v) is 4.37. The summed E-state index contributed by atoms with van der Waals surface area (Å²) in [5.41, 5.74) is 1.27. The van der Waals surface area contributed by atoms with E-state index in [0.717, 1.165) is 17.9 Å². The van der Waals surface area contributed by atoms with E-state index in [2.05, 4.69) is 12.1 Å². The number of aromatic hydroxyl groups is 1. The van der Waals surface area contributed by atoms with Crippen molar-refractivity contribution in [2.45, 2.75) is 24.7 Å². The summed E-state index contributed by atoms with van der Waals surface area (Å²) in [5.74, 6) is 1.43. The molecule has 0 aromatic heterocycles. The zero-order valence-electron chi connectivity index (χ0n) is 12.7. The van der Waals surface area contributed by atoms with Gasteiger partial charge in [-0.25, -0.2) is 4.79 Å². The molecule has 0 saturated carbocycles. The summed E-state index contributed by atoms with van der Waals surface area (Å²) in [5, 5.41) is 18.5. The number of carboxylic acids is 1. The van der Waals surface area contributed by atoms with Crippen LogP contribution >= 0.6 is 11.8 Å². The average Bonchev–Trinajstić information content (AvgIpc) is 2.56. The molecule has 4 nitrogen and oxygen atoms in total. The molecule has 122 valence electrons. The number of hydrogen-bond donors (Lipinski definition) is 2. The number of hydrogen-bond acceptors (Lipinski definition) is 4. The first-order valence-corrected chi connectivity index (χ1v) is 8.61. The minimum absolute atomic E-state index is 0.126. The molecule has 0 spiro atoms. The van der Waals surface area contributed by atoms with Gasteiger partial charge in [0.15, 0.2) is 6.10 Å². The molecule has 2 rings (SSSR count). The maximum Gasteiger partial charge on any atom is 0.344 e. The van der Waals surface area contributed by atoms with Gasteiger partial charge in [-0.1, -0.05) is 30.3 Å². The van der Waals surface area contributed by atoms with Gasteiger partial charge in [0, 0.05) is 5.75 Å². The van der Waals surface area contributed by atoms with E-state index in [1.807, 2.05) is 18.2 Å². The van der Waals surface area contributed by atoms with E-state index in [9.17, 15) is 15.0 Å². The third-order valence-electron chi connectivity index (χ3n) is 3.26. The third kappa shape index (κ3) is 6.24. The Morgan fingerprint density at radius 1 is 1.09 bits per heavy atom. The number of phenols is 1. The fourth-order valence-corrected chi connectivity index (χ4v) is 3.00. The number of carbonyl (C=O) groups is 1. The van der Waals surface area contributed by atoms with Crippen LogP contribution in [0.2, 0.25) is 0 Å². The van der Waals surface area contributed by atoms with Crippen LogP contribution in [-0.4, -0.2) is 28.0 Å². The molecule has 0 aliphatic carbocycles. The summed E-state index contributed by atoms with van der Waals surface area (Å²) in [4.78, 5) is 11.3. The van der Waals surface area contributed by atoms with E-state index >= 15 is 0 Å². The smallest absolute Gasteiger partial charge is 0.344 e. The van der Waals surface area contributed by atoms with Crippen molar-refractivity contribution in [1.29, 1.82) is 0 Å². The standard InChI is InChI=1S/C18H20O4S/c19-15-8-10-16(11-9-15)22-17(18(20)21)7-4-12-23-13-14-5-2-1-3-6-14/h1-3,5-6,8-11,17,19H,4,7,12-13H2,(H,20,21). The van der Waals surface area contributed by atoms with Crippen molar-refractivity contribution in [3.05, 3.63) is 60.2 Å². The number of phenolic OH excluding ortho intramolecular Hbond substituents is 1. The van der Waals surface area contributed by atoms with Gasteiger partial charge >= 0.3 is 5.97 Å². The number of aliphatic carboxylic acids is 1. The Morgan fingerprint density at radius 3 is 2.43 bits per heavy atom. The second-order valence-corrected chi connectivity index (χ2v) is 6.22. The van der Waals surface area contributed by atoms with Crippen LogP contribution in [0.15, 0.2) is 54.6 Å². The zero-order chi connectivity index (χ0) is 16.5. The highest BCUT2D eigenvalue weighted by Crippen LogP contribution is 2.20. The minimum atomic E-state index is -0.967. The summed E-state index contributed by atoms with van der Waals surface area (Å²) < 4.78 is 5.48. The lowest BCUT2D eigenvalue weighted by atomic mass is 10.2. The summed E-state index contributed by atoms with van der Waals surface area (Å²) >= 11 is 1.79. The van der Waals surface area contributed by atoms with Crippen molar-refractivity contribution in [3.63, 3.8) is 0 Å². The van der Waals surface area contributed by atoms with Gasteiger partial charge in [-0.15, -0.1) is 0 Å². The Bertz CT molecular complexity index is 598. The highest BCUT2D eigenvalue weighted by molar-refractivity contribution is 7.98. The molecule has 23 heavy (non-hydrogen) atoms. The van der Waals surface area contributed by atoms with Crippen molar-refractivity contribution in [2.24, 2.45) is 0 Å². The van der Waals surface area contributed by atoms with Gasteiger partial charge in [0.2, 0.25) is 0 Å². The lowest BCUT2D eigenvalue weighted by molar-refractivity contribution is -0.145. The number of ether oxygens (including phenoxy) is 1. The van der Waals surface area contributed by atoms with Gasteiger partial charge in [-0.2, -0.15) is 11.8 Å². The predicted molar refractivity (Wildman–Crippen MR) is 92.0 cm³/mol. The average molecular weight is 332 g/mol. The van der Waals surface area contributed by atoms with Crippen molar-refractivity contribution in [1.82, 2.24) is 0 Å². The summed E-state index contributed by atoms with van der Waals surface area (Å²) in [7, 11) is 0. The molecule has 0 radical (unpaired) electrons. The van der Waals surface area contributed by atoms with Crippen LogP contribution in [0.5, 0.6) is 11.5 Å². The number of benzene rings is 2. The maximum absolute atomic E-state index is 11.3. The van der Waals surface area contributed by atoms with Crippen LogP contribution in [0.25, 0.3) is 0 Å². The quantitative estimate of drug-likeness (QED) is 0.681. The fourth-order valence-electron chi connectivity index (χ4n) is 2.06. The van der Waals surface area contributed by atoms with Gasteiger partial charge < -0.3 is 14.9 Å². The van der Waals surface area contributed by atoms with Crippen molar-refractivity contribution in [3.8, 4) is 11.5 Å². The van der Waals surface area contributed by atoms with E-state index in [0.29, 0.717) is 12.2 Å². The molecule has 0 aliphatic heterocycles. The van der Waals surface area contributed by atoms with Crippen LogP contribution in [0.4, 0.5) is 0 Å². The first kappa shape index (κ1) is 17.2. The van der Waals surface area contributed by atoms with E-state index in [-0.39, 0.29) is 5.75 Å². The monoisotopic (exact) mass is 332 g/mol. The summed E-state index contributed by atoms with van der Waals surface area (Å²) in [6.07, 6.45) is 0.363. The zero-order valence-corrected chi connectivity index (χ0v) is 13.5. The largest absolute Gasteiger partial charge is 0.508 e. The van der Waals surface area contributed by atoms with E-state index in [1.54, 1.807) is 23.9 Å². The first-order valence-electron chi connectivity index (χ1n) is 7.45. The van der Waals surface area contributed by atoms with Crippen LogP contribution < -0.4 is 4.74 Å². The molecular weight excluding hydrogens is 312 g/mol. The normalized spacial score (nSPS) is 11.8. The molecule has 0 aliphatic rings. The topological polar surface area (TPSA) is 66.8 Å². The maximum atomic E-state index is 11.3. The highest BCUT2D eigenvalue weighted by atomic mass is 32.2. The molecule has 2 aromatic rings. The summed E-state index contributed by atoms with van der Waals surface area (Å²) in [6.45, 7) is 0. The number of rotatable bonds is 9. The van der Waals surface area contributed by atoms with Crippen LogP contribution in [-0.2, 0) is 10.5 Å². The first-order chi connectivity index (χ1) is 11.1. The van der Waals surface area contributed by atoms with Gasteiger partial charge in [-0.05, 0) is 48.4 Å². The lowest BCUT2D eigenvalue weighted by Crippen LogP contribution is -2.27. The van der Waals surface area contributed by atoms with E-state index in [4.69, 9.17) is 4.74 Å². The Balaban J connectivity index is 1.72. The van der Waals surface area contributed by atoms with Crippen LogP contribution in [0, 0.1) is 0 Å². The van der Waals surface area contributed by atoms with E-state index in [1.165, 1.54) is 17.7 Å². The molecule has 1 atom stereocenters. The van der Waals surface area contributed by atoms with E-state index < -0.39 is 12.1 Å². The molecule has 0 amide bonds. The minimum Gasteiger partial charge on any atom is -0.508 e.